The molecule has 37 heavy (non-hydrogen) atoms. The summed E-state index contributed by atoms with van der Waals surface area (Å²) in [5.41, 5.74) is 5.87. The first-order valence-electron chi connectivity index (χ1n) is 12.5. The first-order chi connectivity index (χ1) is 17.3. The molecule has 0 saturated carbocycles. The van der Waals surface area contributed by atoms with Crippen LogP contribution in [0.15, 0.2) is 43.5 Å². The Morgan fingerprint density at radius 1 is 1.14 bits per heavy atom. The van der Waals surface area contributed by atoms with Gasteiger partial charge in [0.1, 0.15) is 17.7 Å². The molecular formula is C28H42N4O5. The lowest BCUT2D eigenvalue weighted by atomic mass is 9.99. The summed E-state index contributed by atoms with van der Waals surface area (Å²) in [5.74, 6) is -1.57. The lowest BCUT2D eigenvalue weighted by Gasteiger charge is -2.34. The van der Waals surface area contributed by atoms with Crippen molar-refractivity contribution in [3.05, 3.63) is 54.6 Å². The van der Waals surface area contributed by atoms with E-state index in [0.717, 1.165) is 18.4 Å². The molecule has 0 saturated heterocycles. The molecule has 0 radical (unpaired) electrons. The fraction of sp³-hybridized carbons (Fsp3) is 0.500. The maximum atomic E-state index is 13.9. The Morgan fingerprint density at radius 3 is 2.35 bits per heavy atom. The van der Waals surface area contributed by atoms with E-state index in [1.165, 1.54) is 11.0 Å². The third-order valence-electron chi connectivity index (χ3n) is 5.41. The quantitative estimate of drug-likeness (QED) is 0.325. The molecule has 0 aliphatic heterocycles. The minimum absolute atomic E-state index is 0.0144. The van der Waals surface area contributed by atoms with Crippen LogP contribution in [0.4, 0.5) is 4.79 Å². The van der Waals surface area contributed by atoms with E-state index in [4.69, 9.17) is 10.5 Å². The summed E-state index contributed by atoms with van der Waals surface area (Å²) >= 11 is 0. The normalized spacial score (nSPS) is 13.4. The second-order valence-corrected chi connectivity index (χ2v) is 9.96. The van der Waals surface area contributed by atoms with Gasteiger partial charge in [0.2, 0.25) is 17.7 Å². The number of carbonyl (C=O) groups is 4. The van der Waals surface area contributed by atoms with Crippen molar-refractivity contribution in [1.82, 2.24) is 15.5 Å². The Bertz CT molecular complexity index is 970. The van der Waals surface area contributed by atoms with E-state index in [1.54, 1.807) is 45.0 Å². The zero-order valence-electron chi connectivity index (χ0n) is 22.7. The minimum atomic E-state index is -1.16. The molecule has 1 rings (SSSR count). The highest BCUT2D eigenvalue weighted by Gasteiger charge is 2.36. The summed E-state index contributed by atoms with van der Waals surface area (Å²) in [6.07, 6.45) is 3.77. The summed E-state index contributed by atoms with van der Waals surface area (Å²) in [5, 5.41) is 5.55. The van der Waals surface area contributed by atoms with Gasteiger partial charge in [0.05, 0.1) is 0 Å². The van der Waals surface area contributed by atoms with E-state index in [2.05, 4.69) is 23.8 Å². The van der Waals surface area contributed by atoms with Crippen molar-refractivity contribution < 1.29 is 23.9 Å². The zero-order valence-corrected chi connectivity index (χ0v) is 22.7. The predicted octanol–water partition coefficient (Wildman–Crippen LogP) is 3.85. The molecule has 3 unspecified atom stereocenters. The van der Waals surface area contributed by atoms with Crippen LogP contribution in [0.5, 0.6) is 0 Å². The Hall–Kier alpha value is -3.62. The van der Waals surface area contributed by atoms with Gasteiger partial charge in [-0.25, -0.2) is 4.79 Å². The van der Waals surface area contributed by atoms with Crippen molar-refractivity contribution in [2.75, 3.05) is 6.54 Å². The molecule has 0 fully saturated rings. The molecule has 1 aromatic carbocycles. The van der Waals surface area contributed by atoms with Gasteiger partial charge in [-0.15, -0.1) is 6.58 Å². The van der Waals surface area contributed by atoms with Crippen LogP contribution in [-0.2, 0) is 19.1 Å². The Balaban J connectivity index is 3.50. The first-order valence-corrected chi connectivity index (χ1v) is 12.5. The van der Waals surface area contributed by atoms with Crippen LogP contribution in [-0.4, -0.2) is 52.9 Å². The summed E-state index contributed by atoms with van der Waals surface area (Å²) in [7, 11) is 0. The van der Waals surface area contributed by atoms with Crippen LogP contribution in [0, 0.1) is 0 Å². The standard InChI is InChI=1S/C28H42N4O5/c1-8-12-19(4)30-25(34)24(21-14-11-13-20(10-3)18-21)32(17-9-2)26(35)22(15-16-23(29)33)31-27(36)37-28(5,6)7/h9-11,13-14,18-19,22,24H,2-3,8,12,15-17H2,1,4-7H3,(H2,29,33)(H,30,34)(H,31,36). The number of nitrogens with zero attached hydrogens (tertiary/aromatic N) is 1. The number of benzene rings is 1. The van der Waals surface area contributed by atoms with Crippen LogP contribution < -0.4 is 16.4 Å². The molecule has 0 aliphatic rings. The van der Waals surface area contributed by atoms with Crippen molar-refractivity contribution in [2.45, 2.75) is 84.0 Å². The zero-order chi connectivity index (χ0) is 28.2. The number of ether oxygens (including phenoxy) is 1. The highest BCUT2D eigenvalue weighted by molar-refractivity contribution is 5.92. The second-order valence-electron chi connectivity index (χ2n) is 9.96. The highest BCUT2D eigenvalue weighted by Crippen LogP contribution is 2.25. The fourth-order valence-corrected chi connectivity index (χ4v) is 3.81. The first kappa shape index (κ1) is 31.4. The topological polar surface area (TPSA) is 131 Å². The predicted molar refractivity (Wildman–Crippen MR) is 145 cm³/mol. The maximum absolute atomic E-state index is 13.9. The van der Waals surface area contributed by atoms with Crippen LogP contribution in [0.1, 0.15) is 77.5 Å². The number of nitrogens with one attached hydrogen (secondary N) is 2. The summed E-state index contributed by atoms with van der Waals surface area (Å²) in [6, 6.07) is 4.85. The van der Waals surface area contributed by atoms with Gasteiger partial charge in [-0.3, -0.25) is 14.4 Å². The third kappa shape index (κ3) is 10.9. The average molecular weight is 515 g/mol. The minimum Gasteiger partial charge on any atom is -0.444 e. The maximum Gasteiger partial charge on any atom is 0.408 e. The van der Waals surface area contributed by atoms with E-state index in [-0.39, 0.29) is 31.3 Å². The Morgan fingerprint density at radius 2 is 1.81 bits per heavy atom. The lowest BCUT2D eigenvalue weighted by molar-refractivity contribution is -0.142. The van der Waals surface area contributed by atoms with E-state index < -0.39 is 35.6 Å². The van der Waals surface area contributed by atoms with Gasteiger partial charge in [-0.2, -0.15) is 0 Å². The fourth-order valence-electron chi connectivity index (χ4n) is 3.81. The number of rotatable bonds is 14. The highest BCUT2D eigenvalue weighted by atomic mass is 16.6. The lowest BCUT2D eigenvalue weighted by Crippen LogP contribution is -2.53. The van der Waals surface area contributed by atoms with E-state index in [9.17, 15) is 19.2 Å². The SMILES string of the molecule is C=CCN(C(=O)C(CCC(N)=O)NC(=O)OC(C)(C)C)C(C(=O)NC(C)CCC)c1cccc(C=C)c1. The van der Waals surface area contributed by atoms with Gasteiger partial charge < -0.3 is 26.0 Å². The molecule has 0 aliphatic carbocycles. The molecule has 0 bridgehead atoms. The number of hydrogen-bond donors (Lipinski definition) is 3. The molecule has 1 aromatic rings. The van der Waals surface area contributed by atoms with E-state index >= 15 is 0 Å². The number of carbonyl (C=O) groups excluding carboxylic acids is 4. The molecule has 0 spiro atoms. The van der Waals surface area contributed by atoms with Crippen molar-refractivity contribution in [3.8, 4) is 0 Å². The Labute approximate surface area is 220 Å². The van der Waals surface area contributed by atoms with Crippen molar-refractivity contribution in [2.24, 2.45) is 5.73 Å². The van der Waals surface area contributed by atoms with Gasteiger partial charge in [0.25, 0.3) is 0 Å². The number of primary amides is 1. The summed E-state index contributed by atoms with van der Waals surface area (Å²) in [4.78, 5) is 52.9. The largest absolute Gasteiger partial charge is 0.444 e. The molecule has 4 N–H and O–H groups in total. The van der Waals surface area contributed by atoms with E-state index in [0.29, 0.717) is 5.56 Å². The van der Waals surface area contributed by atoms with Crippen LogP contribution in [0.3, 0.4) is 0 Å². The molecule has 3 atom stereocenters. The smallest absolute Gasteiger partial charge is 0.408 e. The molecule has 204 valence electrons. The molecule has 4 amide bonds. The van der Waals surface area contributed by atoms with Crippen LogP contribution in [0.25, 0.3) is 6.08 Å². The summed E-state index contributed by atoms with van der Waals surface area (Å²) in [6.45, 7) is 16.6. The third-order valence-corrected chi connectivity index (χ3v) is 5.41. The van der Waals surface area contributed by atoms with Crippen LogP contribution in [0.2, 0.25) is 0 Å². The summed E-state index contributed by atoms with van der Waals surface area (Å²) < 4.78 is 5.32. The van der Waals surface area contributed by atoms with Gasteiger partial charge in [0.15, 0.2) is 0 Å². The van der Waals surface area contributed by atoms with Crippen LogP contribution >= 0.6 is 0 Å². The van der Waals surface area contributed by atoms with Gasteiger partial charge in [0, 0.05) is 19.0 Å². The second kappa shape index (κ2) is 14.8. The monoisotopic (exact) mass is 514 g/mol. The van der Waals surface area contributed by atoms with Crippen molar-refractivity contribution in [1.29, 1.82) is 0 Å². The molecule has 9 heteroatoms. The number of alkyl carbamates (subject to hydrolysis) is 1. The van der Waals surface area contributed by atoms with E-state index in [1.807, 2.05) is 19.9 Å². The van der Waals surface area contributed by atoms with Crippen molar-refractivity contribution in [3.63, 3.8) is 0 Å². The van der Waals surface area contributed by atoms with Gasteiger partial charge >= 0.3 is 6.09 Å². The molecular weight excluding hydrogens is 472 g/mol. The Kier molecular flexibility index (Phi) is 12.6. The van der Waals surface area contributed by atoms with Gasteiger partial charge in [-0.1, -0.05) is 50.3 Å². The number of amides is 4. The number of hydrogen-bond acceptors (Lipinski definition) is 5. The van der Waals surface area contributed by atoms with Crippen molar-refractivity contribution >= 4 is 29.9 Å². The average Bonchev–Trinajstić information content (AvgIpc) is 2.80. The molecule has 0 heterocycles. The molecule has 0 aromatic heterocycles. The molecule has 9 nitrogen and oxygen atoms in total. The number of nitrogens with two attached hydrogens (primary N) is 1. The van der Waals surface area contributed by atoms with Gasteiger partial charge in [-0.05, 0) is 57.7 Å².